The summed E-state index contributed by atoms with van der Waals surface area (Å²) in [7, 11) is -3.69. The van der Waals surface area contributed by atoms with Crippen LogP contribution in [0.2, 0.25) is 10.0 Å². The lowest BCUT2D eigenvalue weighted by molar-refractivity contribution is -0.138. The smallest absolute Gasteiger partial charge is 0.416 e. The van der Waals surface area contributed by atoms with Crippen LogP contribution in [0.3, 0.4) is 0 Å². The number of alkyl carbamates (subject to hydrolysis) is 1. The standard InChI is InChI=1S/C28H31Cl2F3N4O5S/c1-5-43(40,41)22-7-6-17(29)10-16(22)12-37-15-34-24-19(25(37)38)11-21(28(31,32)33)20(23(24)30)14-36-9-8-18(13-36)35-26(39)42-27(2,3)4/h6-7,10-11,15,18H,5,8-9,12-14H2,1-4H3,(H,35,39)/t18-/m1/s1. The minimum absolute atomic E-state index is 0.0409. The Kier molecular flexibility index (Phi) is 9.42. The molecule has 0 spiro atoms. The van der Waals surface area contributed by atoms with E-state index in [1.807, 2.05) is 0 Å². The molecule has 1 atom stereocenters. The first-order valence-corrected chi connectivity index (χ1v) is 15.8. The SMILES string of the molecule is CCS(=O)(=O)c1ccc(Cl)cc1Cn1cnc2c(Cl)c(CN3CC[C@@H](NC(=O)OC(C)(C)C)C3)c(C(F)(F)F)cc2c1=O. The van der Waals surface area contributed by atoms with E-state index >= 15 is 0 Å². The van der Waals surface area contributed by atoms with Crippen molar-refractivity contribution >= 4 is 50.0 Å². The molecule has 1 fully saturated rings. The van der Waals surface area contributed by atoms with Crippen molar-refractivity contribution in [2.24, 2.45) is 0 Å². The predicted molar refractivity (Wildman–Crippen MR) is 157 cm³/mol. The van der Waals surface area contributed by atoms with Gasteiger partial charge in [0.15, 0.2) is 9.84 Å². The van der Waals surface area contributed by atoms with Crippen LogP contribution < -0.4 is 10.9 Å². The van der Waals surface area contributed by atoms with Crippen molar-refractivity contribution < 1.29 is 31.1 Å². The number of hydrogen-bond acceptors (Lipinski definition) is 7. The number of benzene rings is 2. The van der Waals surface area contributed by atoms with E-state index < -0.39 is 38.8 Å². The van der Waals surface area contributed by atoms with E-state index in [9.17, 15) is 31.2 Å². The van der Waals surface area contributed by atoms with Gasteiger partial charge >= 0.3 is 12.3 Å². The number of nitrogens with zero attached hydrogens (tertiary/aromatic N) is 3. The molecule has 0 bridgehead atoms. The second-order valence-corrected chi connectivity index (χ2v) is 14.4. The van der Waals surface area contributed by atoms with Gasteiger partial charge in [0.25, 0.3) is 5.56 Å². The molecular weight excluding hydrogens is 632 g/mol. The van der Waals surface area contributed by atoms with Gasteiger partial charge in [0.2, 0.25) is 0 Å². The van der Waals surface area contributed by atoms with Crippen LogP contribution >= 0.6 is 23.2 Å². The molecule has 3 aromatic rings. The highest BCUT2D eigenvalue weighted by Crippen LogP contribution is 2.39. The molecule has 1 amide bonds. The lowest BCUT2D eigenvalue weighted by Crippen LogP contribution is -2.40. The number of aromatic nitrogens is 2. The van der Waals surface area contributed by atoms with Gasteiger partial charge in [0, 0.05) is 30.7 Å². The van der Waals surface area contributed by atoms with Crippen LogP contribution in [0.5, 0.6) is 0 Å². The number of halogens is 5. The van der Waals surface area contributed by atoms with E-state index in [2.05, 4.69) is 10.3 Å². The van der Waals surface area contributed by atoms with Crippen molar-refractivity contribution in [1.82, 2.24) is 19.8 Å². The number of carbonyl (C=O) groups is 1. The summed E-state index contributed by atoms with van der Waals surface area (Å²) >= 11 is 12.6. The topological polar surface area (TPSA) is 111 Å². The molecule has 0 unspecified atom stereocenters. The van der Waals surface area contributed by atoms with Gasteiger partial charge in [-0.1, -0.05) is 30.1 Å². The second kappa shape index (κ2) is 12.3. The minimum Gasteiger partial charge on any atom is -0.444 e. The third-order valence-electron chi connectivity index (χ3n) is 6.92. The average Bonchev–Trinajstić information content (AvgIpc) is 3.31. The first kappa shape index (κ1) is 33.0. The molecule has 1 aromatic heterocycles. The Labute approximate surface area is 256 Å². The van der Waals surface area contributed by atoms with E-state index in [0.29, 0.717) is 13.0 Å². The van der Waals surface area contributed by atoms with Crippen LogP contribution in [0, 0.1) is 0 Å². The van der Waals surface area contributed by atoms with Gasteiger partial charge in [-0.3, -0.25) is 14.3 Å². The zero-order chi connectivity index (χ0) is 31.9. The fraction of sp³-hybridized carbons (Fsp3) is 0.464. The van der Waals surface area contributed by atoms with E-state index in [0.717, 1.165) is 17.0 Å². The molecule has 1 aliphatic heterocycles. The number of carbonyl (C=O) groups excluding carboxylic acids is 1. The van der Waals surface area contributed by atoms with Crippen LogP contribution in [0.4, 0.5) is 18.0 Å². The predicted octanol–water partition coefficient (Wildman–Crippen LogP) is 5.66. The molecule has 2 heterocycles. The number of rotatable bonds is 7. The number of amides is 1. The molecule has 0 saturated carbocycles. The van der Waals surface area contributed by atoms with E-state index in [1.165, 1.54) is 25.1 Å². The highest BCUT2D eigenvalue weighted by Gasteiger charge is 2.37. The van der Waals surface area contributed by atoms with Crippen LogP contribution in [0.25, 0.3) is 10.9 Å². The number of alkyl halides is 3. The Balaban J connectivity index is 1.68. The van der Waals surface area contributed by atoms with Crippen molar-refractivity contribution in [2.75, 3.05) is 18.8 Å². The van der Waals surface area contributed by atoms with E-state index in [-0.39, 0.29) is 68.4 Å². The highest BCUT2D eigenvalue weighted by atomic mass is 35.5. The van der Waals surface area contributed by atoms with Gasteiger partial charge in [-0.15, -0.1) is 0 Å². The van der Waals surface area contributed by atoms with Crippen LogP contribution in [0.1, 0.15) is 50.8 Å². The van der Waals surface area contributed by atoms with Crippen molar-refractivity contribution in [3.63, 3.8) is 0 Å². The molecule has 2 aromatic carbocycles. The molecule has 0 aliphatic carbocycles. The third-order valence-corrected chi connectivity index (χ3v) is 9.39. The summed E-state index contributed by atoms with van der Waals surface area (Å²) in [5, 5.41) is 2.29. The van der Waals surface area contributed by atoms with E-state index in [4.69, 9.17) is 27.9 Å². The molecular formula is C28H31Cl2F3N4O5S. The van der Waals surface area contributed by atoms with Crippen LogP contribution in [-0.4, -0.2) is 59.4 Å². The summed E-state index contributed by atoms with van der Waals surface area (Å²) < 4.78 is 74.5. The summed E-state index contributed by atoms with van der Waals surface area (Å²) in [6.45, 7) is 6.81. The summed E-state index contributed by atoms with van der Waals surface area (Å²) in [5.74, 6) is -0.200. The zero-order valence-electron chi connectivity index (χ0n) is 23.9. The maximum absolute atomic E-state index is 14.3. The highest BCUT2D eigenvalue weighted by molar-refractivity contribution is 7.91. The molecule has 1 N–H and O–H groups in total. The largest absolute Gasteiger partial charge is 0.444 e. The zero-order valence-corrected chi connectivity index (χ0v) is 26.2. The number of ether oxygens (including phenoxy) is 1. The Morgan fingerprint density at radius 1 is 1.16 bits per heavy atom. The second-order valence-electron chi connectivity index (χ2n) is 11.3. The average molecular weight is 664 g/mol. The number of nitrogens with one attached hydrogen (secondary N) is 1. The minimum atomic E-state index is -4.84. The van der Waals surface area contributed by atoms with Gasteiger partial charge in [0.05, 0.1) is 45.0 Å². The van der Waals surface area contributed by atoms with Crippen molar-refractivity contribution in [2.45, 2.75) is 69.9 Å². The van der Waals surface area contributed by atoms with Crippen molar-refractivity contribution in [1.29, 1.82) is 0 Å². The van der Waals surface area contributed by atoms with E-state index in [1.54, 1.807) is 25.7 Å². The normalized spacial score (nSPS) is 16.5. The number of fused-ring (bicyclic) bond motifs is 1. The quantitative estimate of drug-likeness (QED) is 0.347. The Morgan fingerprint density at radius 2 is 1.86 bits per heavy atom. The van der Waals surface area contributed by atoms with Gasteiger partial charge in [-0.25, -0.2) is 18.2 Å². The lowest BCUT2D eigenvalue weighted by Gasteiger charge is -2.23. The Bertz CT molecular complexity index is 1720. The molecule has 43 heavy (non-hydrogen) atoms. The molecule has 0 radical (unpaired) electrons. The first-order valence-electron chi connectivity index (χ1n) is 13.4. The molecule has 15 heteroatoms. The summed E-state index contributed by atoms with van der Waals surface area (Å²) in [6.07, 6.45) is -3.85. The van der Waals surface area contributed by atoms with Gasteiger partial charge < -0.3 is 10.1 Å². The van der Waals surface area contributed by atoms with Gasteiger partial charge in [-0.2, -0.15) is 13.2 Å². The number of likely N-dealkylation sites (tertiary alicyclic amines) is 1. The van der Waals surface area contributed by atoms with Crippen molar-refractivity contribution in [3.8, 4) is 0 Å². The fourth-order valence-corrected chi connectivity index (χ4v) is 6.55. The molecule has 9 nitrogen and oxygen atoms in total. The third kappa shape index (κ3) is 7.62. The first-order chi connectivity index (χ1) is 19.9. The maximum atomic E-state index is 14.3. The summed E-state index contributed by atoms with van der Waals surface area (Å²) in [5.41, 5.74) is -2.76. The molecule has 234 valence electrons. The van der Waals surface area contributed by atoms with Crippen LogP contribution in [0.15, 0.2) is 40.3 Å². The van der Waals surface area contributed by atoms with Crippen LogP contribution in [-0.2, 0) is 33.8 Å². The molecule has 1 aliphatic rings. The van der Waals surface area contributed by atoms with Crippen molar-refractivity contribution in [3.05, 3.63) is 67.7 Å². The summed E-state index contributed by atoms with van der Waals surface area (Å²) in [4.78, 5) is 31.5. The Morgan fingerprint density at radius 3 is 2.49 bits per heavy atom. The van der Waals surface area contributed by atoms with Gasteiger partial charge in [0.1, 0.15) is 5.60 Å². The monoisotopic (exact) mass is 662 g/mol. The lowest BCUT2D eigenvalue weighted by atomic mass is 10.0. The molecule has 4 rings (SSSR count). The fourth-order valence-electron chi connectivity index (χ4n) is 4.93. The number of hydrogen-bond donors (Lipinski definition) is 1. The summed E-state index contributed by atoms with van der Waals surface area (Å²) in [6, 6.07) is 4.52. The Hall–Kier alpha value is -2.87. The van der Waals surface area contributed by atoms with Gasteiger partial charge in [-0.05, 0) is 62.6 Å². The molecule has 1 saturated heterocycles. The maximum Gasteiger partial charge on any atom is 0.416 e. The number of sulfone groups is 1.